The molecule has 6 heteroatoms. The van der Waals surface area contributed by atoms with Crippen molar-refractivity contribution < 1.29 is 19.5 Å². The van der Waals surface area contributed by atoms with Crippen LogP contribution < -0.4 is 5.32 Å². The Morgan fingerprint density at radius 3 is 2.70 bits per heavy atom. The number of hydrogen-bond donors (Lipinski definition) is 2. The van der Waals surface area contributed by atoms with Gasteiger partial charge in [-0.1, -0.05) is 12.1 Å². The summed E-state index contributed by atoms with van der Waals surface area (Å²) in [6.45, 7) is 0.490. The summed E-state index contributed by atoms with van der Waals surface area (Å²) in [6.07, 6.45) is 2.91. The maximum Gasteiger partial charge on any atom is 0.229 e. The molecule has 2 aliphatic rings. The fourth-order valence-corrected chi connectivity index (χ4v) is 3.39. The Bertz CT molecular complexity index is 640. The van der Waals surface area contributed by atoms with Crippen molar-refractivity contribution in [2.75, 3.05) is 13.1 Å². The van der Waals surface area contributed by atoms with Crippen LogP contribution in [0.2, 0.25) is 0 Å². The van der Waals surface area contributed by atoms with E-state index in [-0.39, 0.29) is 55.3 Å². The van der Waals surface area contributed by atoms with Crippen LogP contribution in [0.25, 0.3) is 0 Å². The van der Waals surface area contributed by atoms with E-state index in [1.165, 1.54) is 4.90 Å². The highest BCUT2D eigenvalue weighted by Crippen LogP contribution is 2.36. The second-order valence-electron chi connectivity index (χ2n) is 6.02. The van der Waals surface area contributed by atoms with E-state index in [0.29, 0.717) is 0 Å². The van der Waals surface area contributed by atoms with Gasteiger partial charge >= 0.3 is 0 Å². The molecule has 6 nitrogen and oxygen atoms in total. The van der Waals surface area contributed by atoms with Gasteiger partial charge in [0.2, 0.25) is 17.7 Å². The zero-order valence-corrected chi connectivity index (χ0v) is 12.9. The number of fused-ring (bicyclic) bond motifs is 1. The third-order valence-electron chi connectivity index (χ3n) is 4.59. The minimum Gasteiger partial charge on any atom is -0.508 e. The Labute approximate surface area is 134 Å². The number of nitrogens with one attached hydrogen (secondary N) is 1. The summed E-state index contributed by atoms with van der Waals surface area (Å²) in [5.41, 5.74) is 1.73. The second kappa shape index (κ2) is 6.40. The van der Waals surface area contributed by atoms with Gasteiger partial charge in [0.1, 0.15) is 5.75 Å². The molecule has 1 heterocycles. The van der Waals surface area contributed by atoms with Gasteiger partial charge in [0.15, 0.2) is 0 Å². The lowest BCUT2D eigenvalue weighted by Crippen LogP contribution is -2.39. The van der Waals surface area contributed by atoms with Crippen molar-refractivity contribution in [3.05, 3.63) is 29.3 Å². The van der Waals surface area contributed by atoms with Gasteiger partial charge in [-0.3, -0.25) is 19.3 Å². The first kappa shape index (κ1) is 15.5. The standard InChI is InChI=1S/C17H20N2O4/c20-14-6-2-3-11-12(14)4-1-5-13(11)17(23)18-9-10-19-15(21)7-8-16(19)22/h2-3,6,13,20H,1,4-5,7-10H2,(H,18,23)/t13-/m0/s1. The number of nitrogens with zero attached hydrogens (tertiary/aromatic N) is 1. The first-order valence-corrected chi connectivity index (χ1v) is 7.99. The monoisotopic (exact) mass is 316 g/mol. The molecule has 3 rings (SSSR count). The normalized spacial score (nSPS) is 20.5. The van der Waals surface area contributed by atoms with Gasteiger partial charge in [-0.25, -0.2) is 0 Å². The van der Waals surface area contributed by atoms with Crippen molar-refractivity contribution in [3.63, 3.8) is 0 Å². The number of carbonyl (C=O) groups excluding carboxylic acids is 3. The van der Waals surface area contributed by atoms with Crippen LogP contribution in [0.3, 0.4) is 0 Å². The number of hydrogen-bond acceptors (Lipinski definition) is 4. The number of likely N-dealkylation sites (tertiary alicyclic amines) is 1. The topological polar surface area (TPSA) is 86.7 Å². The lowest BCUT2D eigenvalue weighted by Gasteiger charge is -2.25. The Morgan fingerprint density at radius 2 is 1.96 bits per heavy atom. The zero-order valence-electron chi connectivity index (χ0n) is 12.9. The Hall–Kier alpha value is -2.37. The van der Waals surface area contributed by atoms with Gasteiger partial charge in [0, 0.05) is 25.9 Å². The van der Waals surface area contributed by atoms with Crippen LogP contribution in [-0.4, -0.2) is 40.8 Å². The molecular formula is C17H20N2O4. The van der Waals surface area contributed by atoms with Crippen LogP contribution in [0.5, 0.6) is 5.75 Å². The molecule has 1 aliphatic heterocycles. The molecule has 23 heavy (non-hydrogen) atoms. The van der Waals surface area contributed by atoms with Crippen molar-refractivity contribution in [3.8, 4) is 5.75 Å². The van der Waals surface area contributed by atoms with E-state index in [9.17, 15) is 19.5 Å². The molecule has 3 amide bonds. The average molecular weight is 316 g/mol. The average Bonchev–Trinajstić information content (AvgIpc) is 2.86. The van der Waals surface area contributed by atoms with Gasteiger partial charge in [-0.15, -0.1) is 0 Å². The van der Waals surface area contributed by atoms with Crippen LogP contribution in [0.1, 0.15) is 42.7 Å². The maximum atomic E-state index is 12.4. The van der Waals surface area contributed by atoms with Crippen molar-refractivity contribution in [1.82, 2.24) is 10.2 Å². The Morgan fingerprint density at radius 1 is 1.22 bits per heavy atom. The summed E-state index contributed by atoms with van der Waals surface area (Å²) in [5, 5.41) is 12.7. The van der Waals surface area contributed by atoms with Crippen LogP contribution in [0.15, 0.2) is 18.2 Å². The molecule has 1 fully saturated rings. The molecule has 0 saturated carbocycles. The number of aromatic hydroxyl groups is 1. The number of phenolic OH excluding ortho intramolecular Hbond substituents is 1. The number of benzene rings is 1. The zero-order chi connectivity index (χ0) is 16.4. The van der Waals surface area contributed by atoms with Gasteiger partial charge in [-0.05, 0) is 36.5 Å². The van der Waals surface area contributed by atoms with Crippen LogP contribution in [-0.2, 0) is 20.8 Å². The number of rotatable bonds is 4. The van der Waals surface area contributed by atoms with Crippen LogP contribution in [0, 0.1) is 0 Å². The minimum absolute atomic E-state index is 0.115. The molecule has 1 saturated heterocycles. The molecule has 1 aromatic carbocycles. The predicted octanol–water partition coefficient (Wildman–Crippen LogP) is 1.08. The highest BCUT2D eigenvalue weighted by atomic mass is 16.3. The number of imide groups is 1. The van der Waals surface area contributed by atoms with E-state index in [2.05, 4.69) is 5.32 Å². The molecule has 0 spiro atoms. The Kier molecular flexibility index (Phi) is 4.32. The van der Waals surface area contributed by atoms with Gasteiger partial charge in [0.05, 0.1) is 5.92 Å². The van der Waals surface area contributed by atoms with E-state index < -0.39 is 0 Å². The molecule has 2 N–H and O–H groups in total. The molecule has 1 atom stereocenters. The molecule has 1 aromatic rings. The number of amides is 3. The van der Waals surface area contributed by atoms with E-state index in [1.54, 1.807) is 12.1 Å². The minimum atomic E-state index is -0.282. The van der Waals surface area contributed by atoms with Gasteiger partial charge in [-0.2, -0.15) is 0 Å². The molecule has 122 valence electrons. The maximum absolute atomic E-state index is 12.4. The SMILES string of the molecule is O=C(NCCN1C(=O)CCC1=O)[C@H]1CCCc2c(O)cccc21. The van der Waals surface area contributed by atoms with E-state index in [1.807, 2.05) is 6.07 Å². The lowest BCUT2D eigenvalue weighted by atomic mass is 9.82. The summed E-state index contributed by atoms with van der Waals surface area (Å²) in [7, 11) is 0. The van der Waals surface area contributed by atoms with E-state index in [4.69, 9.17) is 0 Å². The van der Waals surface area contributed by atoms with Crippen LogP contribution in [0.4, 0.5) is 0 Å². The van der Waals surface area contributed by atoms with Crippen molar-refractivity contribution in [2.24, 2.45) is 0 Å². The number of carbonyl (C=O) groups is 3. The lowest BCUT2D eigenvalue weighted by molar-refractivity contribution is -0.138. The summed E-state index contributed by atoms with van der Waals surface area (Å²) in [6, 6.07) is 5.27. The third kappa shape index (κ3) is 3.06. The molecule has 0 aromatic heterocycles. The first-order valence-electron chi connectivity index (χ1n) is 7.99. The summed E-state index contributed by atoms with van der Waals surface area (Å²) < 4.78 is 0. The van der Waals surface area contributed by atoms with Gasteiger partial charge < -0.3 is 10.4 Å². The molecule has 0 bridgehead atoms. The fraction of sp³-hybridized carbons (Fsp3) is 0.471. The van der Waals surface area contributed by atoms with Crippen molar-refractivity contribution in [2.45, 2.75) is 38.0 Å². The predicted molar refractivity (Wildman–Crippen MR) is 82.7 cm³/mol. The largest absolute Gasteiger partial charge is 0.508 e. The fourth-order valence-electron chi connectivity index (χ4n) is 3.39. The quantitative estimate of drug-likeness (QED) is 0.814. The second-order valence-corrected chi connectivity index (χ2v) is 6.02. The van der Waals surface area contributed by atoms with Crippen LogP contribution >= 0.6 is 0 Å². The third-order valence-corrected chi connectivity index (χ3v) is 4.59. The molecule has 0 unspecified atom stereocenters. The Balaban J connectivity index is 1.61. The summed E-state index contributed by atoms with van der Waals surface area (Å²) in [4.78, 5) is 36.7. The van der Waals surface area contributed by atoms with Crippen molar-refractivity contribution >= 4 is 17.7 Å². The number of phenols is 1. The van der Waals surface area contributed by atoms with E-state index in [0.717, 1.165) is 30.4 Å². The first-order chi connectivity index (χ1) is 11.1. The highest BCUT2D eigenvalue weighted by Gasteiger charge is 2.30. The van der Waals surface area contributed by atoms with Crippen molar-refractivity contribution in [1.29, 1.82) is 0 Å². The highest BCUT2D eigenvalue weighted by molar-refractivity contribution is 6.01. The molecule has 1 aliphatic carbocycles. The summed E-state index contributed by atoms with van der Waals surface area (Å²) in [5.74, 6) is -0.492. The smallest absolute Gasteiger partial charge is 0.229 e. The van der Waals surface area contributed by atoms with Gasteiger partial charge in [0.25, 0.3) is 0 Å². The summed E-state index contributed by atoms with van der Waals surface area (Å²) >= 11 is 0. The molecular weight excluding hydrogens is 296 g/mol. The molecule has 0 radical (unpaired) electrons. The van der Waals surface area contributed by atoms with E-state index >= 15 is 0 Å².